The number of hydrogen-bond acceptors (Lipinski definition) is 2. The van der Waals surface area contributed by atoms with Crippen molar-refractivity contribution in [3.63, 3.8) is 0 Å². The molecule has 0 radical (unpaired) electrons. The summed E-state index contributed by atoms with van der Waals surface area (Å²) in [5, 5.41) is 0. The Labute approximate surface area is 114 Å². The Hall–Kier alpha value is -2.29. The molecule has 0 aliphatic rings. The van der Waals surface area contributed by atoms with Crippen LogP contribution in [0.5, 0.6) is 5.75 Å². The van der Waals surface area contributed by atoms with Crippen LogP contribution >= 0.6 is 0 Å². The second kappa shape index (κ2) is 7.93. The Morgan fingerprint density at radius 2 is 1.79 bits per heavy atom. The van der Waals surface area contributed by atoms with Gasteiger partial charge in [-0.3, -0.25) is 4.79 Å². The number of carbonyl (C=O) groups excluding carboxylic acids is 1. The highest BCUT2D eigenvalue weighted by molar-refractivity contribution is 5.92. The molecule has 3 heteroatoms. The van der Waals surface area contributed by atoms with E-state index < -0.39 is 0 Å². The minimum absolute atomic E-state index is 0.0596. The normalized spacial score (nSPS) is 10.2. The van der Waals surface area contributed by atoms with Gasteiger partial charge in [-0.2, -0.15) is 0 Å². The Kier molecular flexibility index (Phi) is 6.16. The highest BCUT2D eigenvalue weighted by atomic mass is 16.5. The van der Waals surface area contributed by atoms with Crippen LogP contribution in [0.3, 0.4) is 0 Å². The first-order chi connectivity index (χ1) is 9.21. The fourth-order valence-corrected chi connectivity index (χ4v) is 1.55. The summed E-state index contributed by atoms with van der Waals surface area (Å²) in [7, 11) is 1.62. The quantitative estimate of drug-likeness (QED) is 0.555. The van der Waals surface area contributed by atoms with E-state index in [9.17, 15) is 4.79 Å². The third kappa shape index (κ3) is 4.84. The molecule has 0 N–H and O–H groups in total. The zero-order valence-electron chi connectivity index (χ0n) is 11.2. The van der Waals surface area contributed by atoms with Crippen LogP contribution in [0.25, 0.3) is 6.08 Å². The predicted molar refractivity (Wildman–Crippen MR) is 79.0 cm³/mol. The van der Waals surface area contributed by atoms with Crippen LogP contribution in [-0.2, 0) is 4.79 Å². The average Bonchev–Trinajstić information content (AvgIpc) is 2.45. The summed E-state index contributed by atoms with van der Waals surface area (Å²) in [4.78, 5) is 13.6. The molecular formula is C16H19NO2. The van der Waals surface area contributed by atoms with Gasteiger partial charge in [0.15, 0.2) is 0 Å². The number of benzene rings is 1. The maximum Gasteiger partial charge on any atom is 0.247 e. The number of ether oxygens (including phenoxy) is 1. The zero-order valence-corrected chi connectivity index (χ0v) is 11.2. The second-order valence-corrected chi connectivity index (χ2v) is 3.93. The lowest BCUT2D eigenvalue weighted by Gasteiger charge is -2.16. The lowest BCUT2D eigenvalue weighted by Crippen LogP contribution is -2.29. The molecule has 0 aliphatic heterocycles. The molecule has 19 heavy (non-hydrogen) atoms. The first-order valence-corrected chi connectivity index (χ1v) is 6.04. The zero-order chi connectivity index (χ0) is 14.1. The molecule has 1 aromatic carbocycles. The predicted octanol–water partition coefficient (Wildman–Crippen LogP) is 2.91. The van der Waals surface area contributed by atoms with E-state index >= 15 is 0 Å². The molecule has 1 amide bonds. The lowest BCUT2D eigenvalue weighted by molar-refractivity contribution is -0.124. The standard InChI is InChI=1S/C16H19NO2/c1-4-12-17(13-5-2)16(18)11-8-14-6-9-15(19-3)10-7-14/h4-11H,1-2,12-13H2,3H3/b11-8+. The summed E-state index contributed by atoms with van der Waals surface area (Å²) in [6.45, 7) is 8.30. The summed E-state index contributed by atoms with van der Waals surface area (Å²) in [6, 6.07) is 7.51. The third-order valence-corrected chi connectivity index (χ3v) is 2.54. The molecule has 0 fully saturated rings. The maximum absolute atomic E-state index is 11.9. The minimum Gasteiger partial charge on any atom is -0.497 e. The lowest BCUT2D eigenvalue weighted by atomic mass is 10.2. The van der Waals surface area contributed by atoms with E-state index in [1.54, 1.807) is 36.3 Å². The van der Waals surface area contributed by atoms with Crippen LogP contribution in [0.1, 0.15) is 5.56 Å². The molecule has 100 valence electrons. The van der Waals surface area contributed by atoms with Gasteiger partial charge in [0.25, 0.3) is 0 Å². The van der Waals surface area contributed by atoms with E-state index in [2.05, 4.69) is 13.2 Å². The average molecular weight is 257 g/mol. The van der Waals surface area contributed by atoms with Gasteiger partial charge in [-0.25, -0.2) is 0 Å². The Morgan fingerprint density at radius 1 is 1.21 bits per heavy atom. The van der Waals surface area contributed by atoms with Gasteiger partial charge >= 0.3 is 0 Å². The van der Waals surface area contributed by atoms with Crippen LogP contribution in [0.15, 0.2) is 55.7 Å². The van der Waals surface area contributed by atoms with Crippen molar-refractivity contribution in [3.05, 3.63) is 61.2 Å². The van der Waals surface area contributed by atoms with Crippen LogP contribution in [-0.4, -0.2) is 31.0 Å². The van der Waals surface area contributed by atoms with Crippen molar-refractivity contribution in [3.8, 4) is 5.75 Å². The molecule has 1 aromatic rings. The van der Waals surface area contributed by atoms with E-state index in [1.807, 2.05) is 24.3 Å². The summed E-state index contributed by atoms with van der Waals surface area (Å²) in [5.74, 6) is 0.735. The smallest absolute Gasteiger partial charge is 0.247 e. The molecule has 3 nitrogen and oxygen atoms in total. The summed E-state index contributed by atoms with van der Waals surface area (Å²) < 4.78 is 5.08. The van der Waals surface area contributed by atoms with E-state index in [0.29, 0.717) is 13.1 Å². The van der Waals surface area contributed by atoms with Gasteiger partial charge in [-0.05, 0) is 23.8 Å². The highest BCUT2D eigenvalue weighted by Gasteiger charge is 2.05. The summed E-state index contributed by atoms with van der Waals surface area (Å²) >= 11 is 0. The topological polar surface area (TPSA) is 29.5 Å². The molecule has 0 bridgehead atoms. The van der Waals surface area contributed by atoms with Crippen molar-refractivity contribution >= 4 is 12.0 Å². The molecule has 0 heterocycles. The highest BCUT2D eigenvalue weighted by Crippen LogP contribution is 2.12. The van der Waals surface area contributed by atoms with Crippen LogP contribution in [0.4, 0.5) is 0 Å². The molecular weight excluding hydrogens is 238 g/mol. The van der Waals surface area contributed by atoms with Gasteiger partial charge in [0.2, 0.25) is 5.91 Å². The van der Waals surface area contributed by atoms with Crippen molar-refractivity contribution in [2.45, 2.75) is 0 Å². The van der Waals surface area contributed by atoms with E-state index in [4.69, 9.17) is 4.74 Å². The molecule has 0 unspecified atom stereocenters. The second-order valence-electron chi connectivity index (χ2n) is 3.93. The number of hydrogen-bond donors (Lipinski definition) is 0. The van der Waals surface area contributed by atoms with Gasteiger partial charge in [0, 0.05) is 19.2 Å². The SMILES string of the molecule is C=CCN(CC=C)C(=O)/C=C/c1ccc(OC)cc1. The van der Waals surface area contributed by atoms with Crippen molar-refractivity contribution in [2.24, 2.45) is 0 Å². The first-order valence-electron chi connectivity index (χ1n) is 6.04. The molecule has 1 rings (SSSR count). The molecule has 0 aliphatic carbocycles. The Bertz CT molecular complexity index is 450. The van der Waals surface area contributed by atoms with Gasteiger partial charge in [0.1, 0.15) is 5.75 Å². The van der Waals surface area contributed by atoms with Gasteiger partial charge in [-0.1, -0.05) is 24.3 Å². The molecule has 0 saturated heterocycles. The van der Waals surface area contributed by atoms with Crippen LogP contribution in [0, 0.1) is 0 Å². The van der Waals surface area contributed by atoms with Gasteiger partial charge in [-0.15, -0.1) is 13.2 Å². The van der Waals surface area contributed by atoms with Crippen molar-refractivity contribution in [1.82, 2.24) is 4.90 Å². The number of carbonyl (C=O) groups is 1. The van der Waals surface area contributed by atoms with Gasteiger partial charge in [0.05, 0.1) is 7.11 Å². The Balaban J connectivity index is 2.69. The molecule has 0 aromatic heterocycles. The molecule has 0 saturated carbocycles. The molecule has 0 atom stereocenters. The van der Waals surface area contributed by atoms with E-state index in [-0.39, 0.29) is 5.91 Å². The summed E-state index contributed by atoms with van der Waals surface area (Å²) in [6.07, 6.45) is 6.72. The monoisotopic (exact) mass is 257 g/mol. The maximum atomic E-state index is 11.9. The number of nitrogens with zero attached hydrogens (tertiary/aromatic N) is 1. The van der Waals surface area contributed by atoms with Crippen molar-refractivity contribution < 1.29 is 9.53 Å². The number of amides is 1. The van der Waals surface area contributed by atoms with Crippen molar-refractivity contribution in [2.75, 3.05) is 20.2 Å². The third-order valence-electron chi connectivity index (χ3n) is 2.54. The fourth-order valence-electron chi connectivity index (χ4n) is 1.55. The largest absolute Gasteiger partial charge is 0.497 e. The van der Waals surface area contributed by atoms with Gasteiger partial charge < -0.3 is 9.64 Å². The first kappa shape index (κ1) is 14.8. The fraction of sp³-hybridized carbons (Fsp3) is 0.188. The Morgan fingerprint density at radius 3 is 2.26 bits per heavy atom. The number of rotatable bonds is 7. The summed E-state index contributed by atoms with van der Waals surface area (Å²) in [5.41, 5.74) is 0.950. The molecule has 0 spiro atoms. The van der Waals surface area contributed by atoms with E-state index in [1.165, 1.54) is 0 Å². The number of methoxy groups -OCH3 is 1. The van der Waals surface area contributed by atoms with Crippen molar-refractivity contribution in [1.29, 1.82) is 0 Å². The van der Waals surface area contributed by atoms with Crippen LogP contribution in [0.2, 0.25) is 0 Å². The minimum atomic E-state index is -0.0596. The van der Waals surface area contributed by atoms with Crippen LogP contribution < -0.4 is 4.74 Å². The van der Waals surface area contributed by atoms with E-state index in [0.717, 1.165) is 11.3 Å².